The van der Waals surface area contributed by atoms with Gasteiger partial charge in [-0.15, -0.1) is 11.6 Å². The third kappa shape index (κ3) is 2.62. The lowest BCUT2D eigenvalue weighted by Gasteiger charge is -2.09. The standard InChI is InChI=1S/C7H10ClNO3/c1-4(9)6(5(10)3-8)7(11)12-2/h6,9H,3H2,1-2H3. The molecule has 0 aromatic carbocycles. The Hall–Kier alpha value is -0.900. The summed E-state index contributed by atoms with van der Waals surface area (Å²) < 4.78 is 4.34. The van der Waals surface area contributed by atoms with Gasteiger partial charge >= 0.3 is 5.97 Å². The van der Waals surface area contributed by atoms with Gasteiger partial charge in [-0.1, -0.05) is 0 Å². The summed E-state index contributed by atoms with van der Waals surface area (Å²) in [4.78, 5) is 21.9. The molecule has 0 amide bonds. The number of methoxy groups -OCH3 is 1. The molecule has 0 radical (unpaired) electrons. The Morgan fingerprint density at radius 3 is 2.33 bits per heavy atom. The first kappa shape index (κ1) is 11.1. The monoisotopic (exact) mass is 191 g/mol. The molecule has 0 aromatic heterocycles. The number of halogens is 1. The Bertz CT molecular complexity index is 199. The second-order valence-corrected chi connectivity index (χ2v) is 2.51. The lowest BCUT2D eigenvalue weighted by atomic mass is 10.0. The van der Waals surface area contributed by atoms with E-state index < -0.39 is 17.7 Å². The first-order valence-corrected chi connectivity index (χ1v) is 3.79. The van der Waals surface area contributed by atoms with E-state index in [0.29, 0.717) is 0 Å². The van der Waals surface area contributed by atoms with Crippen LogP contribution in [0.3, 0.4) is 0 Å². The van der Waals surface area contributed by atoms with Crippen LogP contribution in [0.4, 0.5) is 0 Å². The molecule has 1 unspecified atom stereocenters. The van der Waals surface area contributed by atoms with Gasteiger partial charge in [-0.05, 0) is 6.92 Å². The first-order valence-electron chi connectivity index (χ1n) is 3.26. The second-order valence-electron chi connectivity index (χ2n) is 2.24. The summed E-state index contributed by atoms with van der Waals surface area (Å²) in [7, 11) is 1.17. The molecule has 1 N–H and O–H groups in total. The molecule has 0 aromatic rings. The predicted octanol–water partition coefficient (Wildman–Crippen LogP) is 0.623. The fourth-order valence-corrected chi connectivity index (χ4v) is 0.899. The first-order chi connectivity index (χ1) is 5.54. The van der Waals surface area contributed by atoms with Gasteiger partial charge in [0, 0.05) is 5.71 Å². The Kier molecular flexibility index (Phi) is 4.51. The zero-order valence-corrected chi connectivity index (χ0v) is 7.64. The Balaban J connectivity index is 4.55. The fourth-order valence-electron chi connectivity index (χ4n) is 0.745. The van der Waals surface area contributed by atoms with Crippen molar-refractivity contribution in [3.8, 4) is 0 Å². The van der Waals surface area contributed by atoms with Crippen LogP contribution in [0, 0.1) is 11.3 Å². The van der Waals surface area contributed by atoms with E-state index in [1.165, 1.54) is 14.0 Å². The smallest absolute Gasteiger partial charge is 0.322 e. The molecule has 0 spiro atoms. The normalized spacial score (nSPS) is 11.9. The number of carbonyl (C=O) groups excluding carboxylic acids is 2. The third-order valence-electron chi connectivity index (χ3n) is 1.32. The Morgan fingerprint density at radius 1 is 1.58 bits per heavy atom. The molecule has 4 nitrogen and oxygen atoms in total. The number of Topliss-reactive ketones (excluding diaryl/α,β-unsaturated/α-hetero) is 1. The number of esters is 1. The maximum atomic E-state index is 11.0. The molecular formula is C7H10ClNO3. The van der Waals surface area contributed by atoms with Gasteiger partial charge in [0.25, 0.3) is 0 Å². The second kappa shape index (κ2) is 4.87. The number of hydrogen-bond acceptors (Lipinski definition) is 4. The van der Waals surface area contributed by atoms with Gasteiger partial charge in [-0.2, -0.15) is 0 Å². The average Bonchev–Trinajstić information content (AvgIpc) is 2.03. The highest BCUT2D eigenvalue weighted by Crippen LogP contribution is 2.04. The van der Waals surface area contributed by atoms with Gasteiger partial charge in [0.15, 0.2) is 11.7 Å². The number of hydrogen-bond donors (Lipinski definition) is 1. The highest BCUT2D eigenvalue weighted by Gasteiger charge is 2.28. The zero-order chi connectivity index (χ0) is 9.72. The molecule has 12 heavy (non-hydrogen) atoms. The molecular weight excluding hydrogens is 182 g/mol. The summed E-state index contributed by atoms with van der Waals surface area (Å²) >= 11 is 5.24. The van der Waals surface area contributed by atoms with Crippen LogP contribution in [0.25, 0.3) is 0 Å². The third-order valence-corrected chi connectivity index (χ3v) is 1.59. The molecule has 68 valence electrons. The van der Waals surface area contributed by atoms with E-state index in [9.17, 15) is 9.59 Å². The molecule has 0 fully saturated rings. The van der Waals surface area contributed by atoms with Gasteiger partial charge in [-0.3, -0.25) is 9.59 Å². The average molecular weight is 192 g/mol. The molecule has 0 rings (SSSR count). The highest BCUT2D eigenvalue weighted by molar-refractivity contribution is 6.33. The van der Waals surface area contributed by atoms with Crippen LogP contribution >= 0.6 is 11.6 Å². The lowest BCUT2D eigenvalue weighted by molar-refractivity contribution is -0.145. The molecule has 0 aliphatic rings. The van der Waals surface area contributed by atoms with Crippen molar-refractivity contribution in [3.05, 3.63) is 0 Å². The van der Waals surface area contributed by atoms with Crippen molar-refractivity contribution in [2.75, 3.05) is 13.0 Å². The number of rotatable bonds is 4. The summed E-state index contributed by atoms with van der Waals surface area (Å²) in [6.45, 7) is 1.37. The molecule has 1 atom stereocenters. The van der Waals surface area contributed by atoms with E-state index >= 15 is 0 Å². The summed E-state index contributed by atoms with van der Waals surface area (Å²) in [5.41, 5.74) is -0.0486. The van der Waals surface area contributed by atoms with Crippen molar-refractivity contribution in [1.82, 2.24) is 0 Å². The van der Waals surface area contributed by atoms with E-state index in [1.54, 1.807) is 0 Å². The molecule has 0 saturated heterocycles. The topological polar surface area (TPSA) is 67.2 Å². The van der Waals surface area contributed by atoms with Crippen LogP contribution in [-0.4, -0.2) is 30.5 Å². The van der Waals surface area contributed by atoms with Crippen LogP contribution < -0.4 is 0 Å². The van der Waals surface area contributed by atoms with Crippen molar-refractivity contribution in [2.24, 2.45) is 5.92 Å². The van der Waals surface area contributed by atoms with Crippen LogP contribution in [0.2, 0.25) is 0 Å². The minimum absolute atomic E-state index is 0.0486. The molecule has 0 heterocycles. The van der Waals surface area contributed by atoms with Crippen LogP contribution in [-0.2, 0) is 14.3 Å². The van der Waals surface area contributed by atoms with E-state index in [0.717, 1.165) is 0 Å². The van der Waals surface area contributed by atoms with E-state index in [-0.39, 0.29) is 11.6 Å². The summed E-state index contributed by atoms with van der Waals surface area (Å²) in [6.07, 6.45) is 0. The molecule has 0 aliphatic heterocycles. The minimum atomic E-state index is -1.13. The van der Waals surface area contributed by atoms with Crippen molar-refractivity contribution >= 4 is 29.1 Å². The minimum Gasteiger partial charge on any atom is -0.468 e. The van der Waals surface area contributed by atoms with E-state index in [4.69, 9.17) is 17.0 Å². The number of ether oxygens (including phenoxy) is 1. The number of nitrogens with one attached hydrogen (secondary N) is 1. The molecule has 0 bridgehead atoms. The van der Waals surface area contributed by atoms with Crippen molar-refractivity contribution < 1.29 is 14.3 Å². The van der Waals surface area contributed by atoms with Crippen molar-refractivity contribution in [1.29, 1.82) is 5.41 Å². The van der Waals surface area contributed by atoms with Crippen molar-refractivity contribution in [2.45, 2.75) is 6.92 Å². The highest BCUT2D eigenvalue weighted by atomic mass is 35.5. The fraction of sp³-hybridized carbons (Fsp3) is 0.571. The van der Waals surface area contributed by atoms with Gasteiger partial charge in [-0.25, -0.2) is 0 Å². The van der Waals surface area contributed by atoms with E-state index in [2.05, 4.69) is 4.74 Å². The van der Waals surface area contributed by atoms with Gasteiger partial charge in [0.2, 0.25) is 0 Å². The largest absolute Gasteiger partial charge is 0.468 e. The number of alkyl halides is 1. The SMILES string of the molecule is COC(=O)C(C(C)=N)C(=O)CCl. The summed E-state index contributed by atoms with van der Waals surface area (Å²) in [5, 5.41) is 7.14. The van der Waals surface area contributed by atoms with Gasteiger partial charge < -0.3 is 10.1 Å². The van der Waals surface area contributed by atoms with Crippen LogP contribution in [0.5, 0.6) is 0 Å². The quantitative estimate of drug-likeness (QED) is 0.307. The van der Waals surface area contributed by atoms with Gasteiger partial charge in [0.05, 0.1) is 13.0 Å². The number of carbonyl (C=O) groups is 2. The molecule has 0 aliphatic carbocycles. The predicted molar refractivity (Wildman–Crippen MR) is 44.6 cm³/mol. The lowest BCUT2D eigenvalue weighted by Crippen LogP contribution is -2.31. The number of ketones is 1. The summed E-state index contributed by atoms with van der Waals surface area (Å²) in [6, 6.07) is 0. The zero-order valence-electron chi connectivity index (χ0n) is 6.89. The Labute approximate surface area is 75.4 Å². The maximum absolute atomic E-state index is 11.0. The van der Waals surface area contributed by atoms with E-state index in [1.807, 2.05) is 0 Å². The maximum Gasteiger partial charge on any atom is 0.322 e. The summed E-state index contributed by atoms with van der Waals surface area (Å²) in [5.74, 6) is -2.65. The van der Waals surface area contributed by atoms with Crippen molar-refractivity contribution in [3.63, 3.8) is 0 Å². The van der Waals surface area contributed by atoms with Crippen LogP contribution in [0.15, 0.2) is 0 Å². The molecule has 0 saturated carbocycles. The molecule has 5 heteroatoms. The Morgan fingerprint density at radius 2 is 2.08 bits per heavy atom. The van der Waals surface area contributed by atoms with Gasteiger partial charge in [0.1, 0.15) is 0 Å². The van der Waals surface area contributed by atoms with Crippen LogP contribution in [0.1, 0.15) is 6.92 Å².